The van der Waals surface area contributed by atoms with Crippen LogP contribution in [0, 0.1) is 23.2 Å². The second-order valence-electron chi connectivity index (χ2n) is 13.3. The molecule has 0 saturated carbocycles. The summed E-state index contributed by atoms with van der Waals surface area (Å²) in [6.07, 6.45) is 5.21. The highest BCUT2D eigenvalue weighted by atomic mass is 16.6. The van der Waals surface area contributed by atoms with Crippen LogP contribution in [0.2, 0.25) is 0 Å². The summed E-state index contributed by atoms with van der Waals surface area (Å²) in [5.41, 5.74) is -1.73. The fourth-order valence-corrected chi connectivity index (χ4v) is 7.26. The summed E-state index contributed by atoms with van der Waals surface area (Å²) in [7, 11) is 0. The number of aliphatic hydroxyl groups is 1. The molecule has 3 rings (SSSR count). The third-order valence-electron chi connectivity index (χ3n) is 8.40. The van der Waals surface area contributed by atoms with E-state index in [0.717, 1.165) is 6.42 Å². The van der Waals surface area contributed by atoms with Crippen LogP contribution in [0.25, 0.3) is 0 Å². The van der Waals surface area contributed by atoms with Crippen molar-refractivity contribution in [3.8, 4) is 0 Å². The van der Waals surface area contributed by atoms with Crippen LogP contribution < -0.4 is 0 Å². The Morgan fingerprint density at radius 1 is 1.24 bits per heavy atom. The first kappa shape index (κ1) is 30.4. The zero-order chi connectivity index (χ0) is 28.6. The highest BCUT2D eigenvalue weighted by molar-refractivity contribution is 5.98. The molecule has 0 aromatic heterocycles. The van der Waals surface area contributed by atoms with Gasteiger partial charge in [0.1, 0.15) is 11.6 Å². The quantitative estimate of drug-likeness (QED) is 0.234. The molecule has 38 heavy (non-hydrogen) atoms. The van der Waals surface area contributed by atoms with Crippen LogP contribution in [-0.4, -0.2) is 81.8 Å². The van der Waals surface area contributed by atoms with Crippen molar-refractivity contribution in [2.75, 3.05) is 19.8 Å². The Morgan fingerprint density at radius 3 is 2.42 bits per heavy atom. The van der Waals surface area contributed by atoms with Crippen LogP contribution in [0.4, 0.5) is 0 Å². The summed E-state index contributed by atoms with van der Waals surface area (Å²) in [6, 6.07) is -1.54. The van der Waals surface area contributed by atoms with Crippen molar-refractivity contribution < 1.29 is 29.0 Å². The van der Waals surface area contributed by atoms with E-state index < -0.39 is 47.1 Å². The lowest BCUT2D eigenvalue weighted by molar-refractivity contribution is -0.158. The minimum atomic E-state index is -1.14. The summed E-state index contributed by atoms with van der Waals surface area (Å²) in [5.74, 6) is -2.71. The molecule has 3 saturated heterocycles. The van der Waals surface area contributed by atoms with Crippen LogP contribution in [0.5, 0.6) is 0 Å². The Bertz CT molecular complexity index is 938. The average molecular weight is 533 g/mol. The van der Waals surface area contributed by atoms with Crippen LogP contribution in [0.1, 0.15) is 74.1 Å². The van der Waals surface area contributed by atoms with E-state index >= 15 is 0 Å². The van der Waals surface area contributed by atoms with E-state index in [2.05, 4.69) is 33.9 Å². The molecule has 8 heteroatoms. The number of amides is 2. The van der Waals surface area contributed by atoms with Crippen LogP contribution >= 0.6 is 0 Å². The number of fused-ring (bicyclic) bond motifs is 1. The number of carbonyl (C=O) groups is 3. The third kappa shape index (κ3) is 5.31. The number of carbonyl (C=O) groups excluding carboxylic acids is 3. The number of ether oxygens (including phenoxy) is 2. The van der Waals surface area contributed by atoms with E-state index in [9.17, 15) is 19.5 Å². The largest absolute Gasteiger partial charge is 0.465 e. The smallest absolute Gasteiger partial charge is 0.312 e. The second-order valence-corrected chi connectivity index (χ2v) is 13.3. The molecule has 1 spiro atoms. The van der Waals surface area contributed by atoms with Gasteiger partial charge in [0.2, 0.25) is 11.8 Å². The summed E-state index contributed by atoms with van der Waals surface area (Å²) >= 11 is 0. The van der Waals surface area contributed by atoms with Gasteiger partial charge >= 0.3 is 5.97 Å². The zero-order valence-electron chi connectivity index (χ0n) is 24.4. The number of esters is 1. The standard InChI is InChI=1S/C30H48N2O6/c1-10-12-16-37-27(36)22-21-13-14-30(38-21)23(22)25(34)32(20(17-33)19(3)4)24(30)26(35)31(15-11-2)29(8,9)18-28(5,6)7/h10-11,19-24,33H,1-2,12-18H2,3-9H3/t20-,21-,22+,23-,24?,30?/m0/s1. The highest BCUT2D eigenvalue weighted by Gasteiger charge is 2.76. The Hall–Kier alpha value is -2.19. The topological polar surface area (TPSA) is 96.4 Å². The molecule has 0 aliphatic carbocycles. The first-order valence-corrected chi connectivity index (χ1v) is 14.0. The Morgan fingerprint density at radius 2 is 1.89 bits per heavy atom. The second kappa shape index (κ2) is 11.1. The summed E-state index contributed by atoms with van der Waals surface area (Å²) in [5, 5.41) is 10.4. The minimum absolute atomic E-state index is 0.0522. The molecular weight excluding hydrogens is 484 g/mol. The first-order chi connectivity index (χ1) is 17.7. The summed E-state index contributed by atoms with van der Waals surface area (Å²) in [4.78, 5) is 45.5. The van der Waals surface area contributed by atoms with Gasteiger partial charge < -0.3 is 24.4 Å². The predicted molar refractivity (Wildman–Crippen MR) is 146 cm³/mol. The molecule has 3 aliphatic rings. The Balaban J connectivity index is 2.10. The van der Waals surface area contributed by atoms with Gasteiger partial charge in [-0.3, -0.25) is 14.4 Å². The Kier molecular flexibility index (Phi) is 8.89. The molecular formula is C30H48N2O6. The van der Waals surface area contributed by atoms with Gasteiger partial charge in [0, 0.05) is 12.1 Å². The molecule has 2 unspecified atom stereocenters. The molecule has 6 atom stereocenters. The van der Waals surface area contributed by atoms with Crippen LogP contribution in [0.15, 0.2) is 25.3 Å². The van der Waals surface area contributed by atoms with Crippen molar-refractivity contribution >= 4 is 17.8 Å². The van der Waals surface area contributed by atoms with Gasteiger partial charge in [-0.05, 0) is 50.9 Å². The van der Waals surface area contributed by atoms with Gasteiger partial charge in [-0.1, -0.05) is 46.8 Å². The normalized spacial score (nSPS) is 29.4. The van der Waals surface area contributed by atoms with Crippen molar-refractivity contribution in [3.63, 3.8) is 0 Å². The predicted octanol–water partition coefficient (Wildman–Crippen LogP) is 3.73. The van der Waals surface area contributed by atoms with Gasteiger partial charge in [0.25, 0.3) is 0 Å². The van der Waals surface area contributed by atoms with Gasteiger partial charge in [-0.25, -0.2) is 0 Å². The van der Waals surface area contributed by atoms with Crippen molar-refractivity contribution in [2.45, 2.75) is 103 Å². The number of hydrogen-bond donors (Lipinski definition) is 1. The monoisotopic (exact) mass is 532 g/mol. The van der Waals surface area contributed by atoms with Crippen molar-refractivity contribution in [2.24, 2.45) is 23.2 Å². The van der Waals surface area contributed by atoms with E-state index in [1.165, 1.54) is 0 Å². The van der Waals surface area contributed by atoms with Gasteiger partial charge in [0.05, 0.1) is 37.2 Å². The van der Waals surface area contributed by atoms with Crippen molar-refractivity contribution in [3.05, 3.63) is 25.3 Å². The molecule has 2 amide bonds. The van der Waals surface area contributed by atoms with Crippen molar-refractivity contribution in [1.29, 1.82) is 0 Å². The fourth-order valence-electron chi connectivity index (χ4n) is 7.26. The third-order valence-corrected chi connectivity index (χ3v) is 8.40. The number of aliphatic hydroxyl groups excluding tert-OH is 1. The first-order valence-electron chi connectivity index (χ1n) is 14.0. The molecule has 0 aromatic rings. The Labute approximate surface area is 228 Å². The van der Waals surface area contributed by atoms with E-state index in [4.69, 9.17) is 9.47 Å². The lowest BCUT2D eigenvalue weighted by atomic mass is 9.70. The van der Waals surface area contributed by atoms with Gasteiger partial charge in [-0.2, -0.15) is 0 Å². The molecule has 2 bridgehead atoms. The maximum atomic E-state index is 14.7. The van der Waals surface area contributed by atoms with Crippen molar-refractivity contribution in [1.82, 2.24) is 9.80 Å². The minimum Gasteiger partial charge on any atom is -0.465 e. The van der Waals surface area contributed by atoms with E-state index in [0.29, 0.717) is 25.8 Å². The average Bonchev–Trinajstić information content (AvgIpc) is 3.43. The number of nitrogens with zero attached hydrogens (tertiary/aromatic N) is 2. The molecule has 3 aliphatic heterocycles. The zero-order valence-corrected chi connectivity index (χ0v) is 24.4. The molecule has 3 heterocycles. The molecule has 0 aromatic carbocycles. The number of rotatable bonds is 12. The van der Waals surface area contributed by atoms with Crippen LogP contribution in [-0.2, 0) is 23.9 Å². The molecule has 3 fully saturated rings. The SMILES string of the molecule is C=CCCOC(=O)[C@@H]1[C@@H]2CCC3(O2)C(C(=O)N(CC=C)C(C)(C)CC(C)(C)C)N([C@@H](CO)C(C)C)C(=O)[C@H]13. The maximum absolute atomic E-state index is 14.7. The molecule has 0 radical (unpaired) electrons. The lowest BCUT2D eigenvalue weighted by Gasteiger charge is -2.46. The molecule has 1 N–H and O–H groups in total. The molecule has 214 valence electrons. The lowest BCUT2D eigenvalue weighted by Crippen LogP contribution is -2.63. The highest BCUT2D eigenvalue weighted by Crippen LogP contribution is 2.59. The summed E-state index contributed by atoms with van der Waals surface area (Å²) < 4.78 is 12.0. The van der Waals surface area contributed by atoms with E-state index in [1.54, 1.807) is 22.0 Å². The van der Waals surface area contributed by atoms with Crippen LogP contribution in [0.3, 0.4) is 0 Å². The number of hydrogen-bond acceptors (Lipinski definition) is 6. The maximum Gasteiger partial charge on any atom is 0.312 e. The fraction of sp³-hybridized carbons (Fsp3) is 0.767. The summed E-state index contributed by atoms with van der Waals surface area (Å²) in [6.45, 7) is 22.1. The molecule has 8 nitrogen and oxygen atoms in total. The van der Waals surface area contributed by atoms with E-state index in [-0.39, 0.29) is 36.4 Å². The van der Waals surface area contributed by atoms with E-state index in [1.807, 2.05) is 27.7 Å². The van der Waals surface area contributed by atoms with Gasteiger partial charge in [-0.15, -0.1) is 13.2 Å². The van der Waals surface area contributed by atoms with Gasteiger partial charge in [0.15, 0.2) is 0 Å². The number of likely N-dealkylation sites (tertiary alicyclic amines) is 1.